The molecule has 1 saturated heterocycles. The van der Waals surface area contributed by atoms with Crippen LogP contribution in [-0.2, 0) is 0 Å². The van der Waals surface area contributed by atoms with Gasteiger partial charge < -0.3 is 10.2 Å². The fraction of sp³-hybridized carbons (Fsp3) is 0.391. The van der Waals surface area contributed by atoms with Gasteiger partial charge in [0, 0.05) is 30.1 Å². The Kier molecular flexibility index (Phi) is 5.32. The van der Waals surface area contributed by atoms with Crippen molar-refractivity contribution < 1.29 is 4.39 Å². The summed E-state index contributed by atoms with van der Waals surface area (Å²) in [6, 6.07) is 5.82. The largest absolute Gasteiger partial charge is 0.384 e. The summed E-state index contributed by atoms with van der Waals surface area (Å²) in [5.41, 5.74) is 4.77. The summed E-state index contributed by atoms with van der Waals surface area (Å²) < 4.78 is 15.0. The van der Waals surface area contributed by atoms with Gasteiger partial charge in [-0.2, -0.15) is 0 Å². The molecule has 3 aromatic rings. The summed E-state index contributed by atoms with van der Waals surface area (Å²) >= 11 is 5.94. The molecule has 2 aliphatic rings. The first kappa shape index (κ1) is 20.3. The quantitative estimate of drug-likeness (QED) is 0.630. The van der Waals surface area contributed by atoms with Crippen molar-refractivity contribution in [3.63, 3.8) is 0 Å². The van der Waals surface area contributed by atoms with Crippen molar-refractivity contribution in [2.45, 2.75) is 25.7 Å². The van der Waals surface area contributed by atoms with E-state index in [0.717, 1.165) is 43.7 Å². The predicted molar refractivity (Wildman–Crippen MR) is 121 cm³/mol. The first-order valence-corrected chi connectivity index (χ1v) is 11.1. The maximum atomic E-state index is 13.6. The Morgan fingerprint density at radius 2 is 2.06 bits per heavy atom. The Balaban J connectivity index is 1.48. The molecule has 2 aromatic heterocycles. The number of H-pyrrole nitrogens is 1. The first-order chi connectivity index (χ1) is 15.0. The lowest BCUT2D eigenvalue weighted by Gasteiger charge is -2.29. The lowest BCUT2D eigenvalue weighted by Crippen LogP contribution is -2.34. The van der Waals surface area contributed by atoms with Crippen LogP contribution < -0.4 is 10.9 Å². The van der Waals surface area contributed by atoms with Crippen LogP contribution in [0.2, 0.25) is 5.02 Å². The van der Waals surface area contributed by atoms with E-state index in [1.807, 2.05) is 6.20 Å². The normalized spacial score (nSPS) is 17.3. The van der Waals surface area contributed by atoms with Crippen LogP contribution in [0.4, 0.5) is 4.39 Å². The molecule has 1 aliphatic heterocycles. The van der Waals surface area contributed by atoms with Crippen LogP contribution in [0.1, 0.15) is 31.2 Å². The van der Waals surface area contributed by atoms with Crippen LogP contribution in [0.15, 0.2) is 40.8 Å². The topological polar surface area (TPSA) is 65.4 Å². The SMILES string of the molecule is CN1CCC(CNC(=C2CC2)c2c[nH]n3c(=O)cc(-c4ccc(F)c(Cl)c4)nc23)CC1. The summed E-state index contributed by atoms with van der Waals surface area (Å²) in [5.74, 6) is 0.146. The van der Waals surface area contributed by atoms with E-state index in [9.17, 15) is 9.18 Å². The molecule has 0 bridgehead atoms. The Morgan fingerprint density at radius 3 is 2.77 bits per heavy atom. The molecule has 162 valence electrons. The maximum Gasteiger partial charge on any atom is 0.273 e. The van der Waals surface area contributed by atoms with E-state index in [4.69, 9.17) is 16.6 Å². The van der Waals surface area contributed by atoms with Crippen LogP contribution in [-0.4, -0.2) is 46.2 Å². The first-order valence-electron chi connectivity index (χ1n) is 10.7. The molecule has 0 amide bonds. The molecular formula is C23H25ClFN5O. The molecule has 5 rings (SSSR count). The van der Waals surface area contributed by atoms with Crippen molar-refractivity contribution in [2.24, 2.45) is 5.92 Å². The van der Waals surface area contributed by atoms with Crippen molar-refractivity contribution in [1.29, 1.82) is 0 Å². The molecule has 0 spiro atoms. The number of halogens is 2. The van der Waals surface area contributed by atoms with Gasteiger partial charge in [-0.1, -0.05) is 11.6 Å². The monoisotopic (exact) mass is 441 g/mol. The molecular weight excluding hydrogens is 417 g/mol. The molecule has 8 heteroatoms. The number of fused-ring (bicyclic) bond motifs is 1. The number of nitrogens with zero attached hydrogens (tertiary/aromatic N) is 3. The zero-order valence-electron chi connectivity index (χ0n) is 17.4. The number of benzene rings is 1. The van der Waals surface area contributed by atoms with E-state index in [1.54, 1.807) is 6.07 Å². The van der Waals surface area contributed by atoms with Crippen molar-refractivity contribution in [3.8, 4) is 11.3 Å². The van der Waals surface area contributed by atoms with Crippen LogP contribution in [0.25, 0.3) is 22.6 Å². The average molecular weight is 442 g/mol. The van der Waals surface area contributed by atoms with Crippen molar-refractivity contribution >= 4 is 22.9 Å². The number of hydrogen-bond acceptors (Lipinski definition) is 4. The predicted octanol–water partition coefficient (Wildman–Crippen LogP) is 3.92. The fourth-order valence-electron chi connectivity index (χ4n) is 4.20. The Labute approximate surface area is 184 Å². The second-order valence-electron chi connectivity index (χ2n) is 8.56. The van der Waals surface area contributed by atoms with E-state index in [2.05, 4.69) is 22.4 Å². The number of hydrogen-bond donors (Lipinski definition) is 2. The maximum absolute atomic E-state index is 13.6. The van der Waals surface area contributed by atoms with E-state index >= 15 is 0 Å². The Hall–Kier alpha value is -2.64. The molecule has 2 N–H and O–H groups in total. The highest BCUT2D eigenvalue weighted by atomic mass is 35.5. The summed E-state index contributed by atoms with van der Waals surface area (Å²) in [6.07, 6.45) is 6.34. The van der Waals surface area contributed by atoms with Gasteiger partial charge in [0.25, 0.3) is 5.56 Å². The van der Waals surface area contributed by atoms with Crippen molar-refractivity contribution in [3.05, 3.63) is 62.8 Å². The standard InChI is InChI=1S/C23H25ClFN5O/c1-29-8-6-14(7-9-29)12-26-22(15-2-3-15)17-13-27-30-21(31)11-20(28-23(17)30)16-4-5-19(25)18(24)10-16/h4-5,10-11,13-14,26-27H,2-3,6-9,12H2,1H3. The van der Waals surface area contributed by atoms with Crippen LogP contribution in [0.5, 0.6) is 0 Å². The lowest BCUT2D eigenvalue weighted by molar-refractivity contribution is 0.220. The van der Waals surface area contributed by atoms with Gasteiger partial charge in [0.1, 0.15) is 5.82 Å². The smallest absolute Gasteiger partial charge is 0.273 e. The molecule has 3 heterocycles. The van der Waals surface area contributed by atoms with Gasteiger partial charge in [-0.15, -0.1) is 0 Å². The zero-order chi connectivity index (χ0) is 21.5. The Morgan fingerprint density at radius 1 is 1.29 bits per heavy atom. The second kappa shape index (κ2) is 8.13. The summed E-state index contributed by atoms with van der Waals surface area (Å²) in [7, 11) is 2.17. The van der Waals surface area contributed by atoms with E-state index < -0.39 is 5.82 Å². The minimum atomic E-state index is -0.496. The van der Waals surface area contributed by atoms with Gasteiger partial charge in [-0.05, 0) is 75.5 Å². The van der Waals surface area contributed by atoms with Gasteiger partial charge in [-0.3, -0.25) is 9.89 Å². The van der Waals surface area contributed by atoms with Gasteiger partial charge in [-0.25, -0.2) is 13.9 Å². The number of rotatable bonds is 5. The molecule has 0 unspecified atom stereocenters. The highest BCUT2D eigenvalue weighted by Crippen LogP contribution is 2.36. The molecule has 0 atom stereocenters. The zero-order valence-corrected chi connectivity index (χ0v) is 18.2. The number of likely N-dealkylation sites (tertiary alicyclic amines) is 1. The van der Waals surface area contributed by atoms with Crippen LogP contribution in [0.3, 0.4) is 0 Å². The number of nitrogens with one attached hydrogen (secondary N) is 2. The molecule has 0 radical (unpaired) electrons. The average Bonchev–Trinajstić information content (AvgIpc) is 3.51. The van der Waals surface area contributed by atoms with Crippen LogP contribution >= 0.6 is 11.6 Å². The molecule has 1 saturated carbocycles. The van der Waals surface area contributed by atoms with Crippen molar-refractivity contribution in [2.75, 3.05) is 26.7 Å². The molecule has 6 nitrogen and oxygen atoms in total. The molecule has 31 heavy (non-hydrogen) atoms. The second-order valence-corrected chi connectivity index (χ2v) is 8.97. The number of allylic oxidation sites excluding steroid dienone is 1. The molecule has 1 aromatic carbocycles. The third-order valence-electron chi connectivity index (χ3n) is 6.24. The number of aromatic amines is 1. The highest BCUT2D eigenvalue weighted by molar-refractivity contribution is 6.31. The molecule has 1 aliphatic carbocycles. The minimum Gasteiger partial charge on any atom is -0.384 e. The summed E-state index contributed by atoms with van der Waals surface area (Å²) in [5, 5.41) is 6.72. The van der Waals surface area contributed by atoms with Crippen LogP contribution in [0, 0.1) is 11.7 Å². The Bertz CT molecular complexity index is 1220. The van der Waals surface area contributed by atoms with E-state index in [0.29, 0.717) is 22.8 Å². The van der Waals surface area contributed by atoms with E-state index in [1.165, 1.54) is 41.1 Å². The summed E-state index contributed by atoms with van der Waals surface area (Å²) in [6.45, 7) is 3.18. The van der Waals surface area contributed by atoms with E-state index in [-0.39, 0.29) is 10.6 Å². The van der Waals surface area contributed by atoms with Gasteiger partial charge in [0.2, 0.25) is 0 Å². The number of piperidine rings is 1. The summed E-state index contributed by atoms with van der Waals surface area (Å²) in [4.78, 5) is 19.8. The number of aromatic nitrogens is 3. The third kappa shape index (κ3) is 4.12. The molecule has 2 fully saturated rings. The lowest BCUT2D eigenvalue weighted by atomic mass is 9.97. The minimum absolute atomic E-state index is 0.00868. The van der Waals surface area contributed by atoms with Gasteiger partial charge >= 0.3 is 0 Å². The van der Waals surface area contributed by atoms with Gasteiger partial charge in [0.05, 0.1) is 16.3 Å². The van der Waals surface area contributed by atoms with Gasteiger partial charge in [0.15, 0.2) is 5.65 Å². The fourth-order valence-corrected chi connectivity index (χ4v) is 4.38. The third-order valence-corrected chi connectivity index (χ3v) is 6.53. The van der Waals surface area contributed by atoms with Crippen molar-refractivity contribution in [1.82, 2.24) is 24.8 Å². The highest BCUT2D eigenvalue weighted by Gasteiger charge is 2.24.